The zero-order chi connectivity index (χ0) is 18.1. The van der Waals surface area contributed by atoms with E-state index in [0.717, 1.165) is 43.6 Å². The van der Waals surface area contributed by atoms with Crippen molar-refractivity contribution in [2.24, 2.45) is 5.41 Å². The standard InChI is InChI=1S/C21H22N2O3/c1-13(24)21-9-5-10-22-11-8-15-14-6-3-4-7-16(14)23(18(15)19(21)22)17(12-21)20(25)26-2/h3-4,6-7,12,19H,5,8-11H2,1-2H3/t19-,21+/m1/s1. The highest BCUT2D eigenvalue weighted by atomic mass is 16.5. The van der Waals surface area contributed by atoms with E-state index < -0.39 is 5.41 Å². The van der Waals surface area contributed by atoms with Crippen LogP contribution in [0.4, 0.5) is 0 Å². The maximum Gasteiger partial charge on any atom is 0.354 e. The van der Waals surface area contributed by atoms with E-state index in [2.05, 4.69) is 21.6 Å². The van der Waals surface area contributed by atoms with Gasteiger partial charge in [0.05, 0.1) is 24.1 Å². The molecule has 0 saturated carbocycles. The highest BCUT2D eigenvalue weighted by molar-refractivity contribution is 6.14. The van der Waals surface area contributed by atoms with E-state index in [1.165, 1.54) is 18.1 Å². The zero-order valence-electron chi connectivity index (χ0n) is 15.1. The molecule has 2 aromatic rings. The lowest BCUT2D eigenvalue weighted by molar-refractivity contribution is -0.134. The van der Waals surface area contributed by atoms with Gasteiger partial charge < -0.3 is 9.30 Å². The number of Topliss-reactive ketones (excluding diaryl/α,β-unsaturated/α-hetero) is 1. The van der Waals surface area contributed by atoms with Crippen LogP contribution in [-0.2, 0) is 20.7 Å². The molecular weight excluding hydrogens is 328 g/mol. The Balaban J connectivity index is 1.92. The second-order valence-electron chi connectivity index (χ2n) is 7.63. The maximum atomic E-state index is 12.9. The van der Waals surface area contributed by atoms with Crippen molar-refractivity contribution in [1.29, 1.82) is 0 Å². The van der Waals surface area contributed by atoms with Crippen LogP contribution in [0, 0.1) is 5.41 Å². The Morgan fingerprint density at radius 2 is 2.04 bits per heavy atom. The number of para-hydroxylation sites is 1. The minimum atomic E-state index is -0.638. The number of hydrogen-bond acceptors (Lipinski definition) is 4. The molecule has 5 nitrogen and oxygen atoms in total. The number of ketones is 1. The molecule has 3 aliphatic rings. The molecular formula is C21H22N2O3. The Kier molecular flexibility index (Phi) is 3.23. The zero-order valence-corrected chi connectivity index (χ0v) is 15.1. The number of carbonyl (C=O) groups excluding carboxylic acids is 2. The van der Waals surface area contributed by atoms with Crippen molar-refractivity contribution in [3.8, 4) is 0 Å². The summed E-state index contributed by atoms with van der Waals surface area (Å²) in [6.07, 6.45) is 4.61. The summed E-state index contributed by atoms with van der Waals surface area (Å²) in [5, 5.41) is 1.18. The fourth-order valence-electron chi connectivity index (χ4n) is 5.40. The van der Waals surface area contributed by atoms with Crippen LogP contribution in [0.15, 0.2) is 30.3 Å². The number of esters is 1. The first-order valence-corrected chi connectivity index (χ1v) is 9.27. The highest BCUT2D eigenvalue weighted by Gasteiger charge is 2.54. The van der Waals surface area contributed by atoms with Gasteiger partial charge in [-0.3, -0.25) is 9.69 Å². The number of methoxy groups -OCH3 is 1. The smallest absolute Gasteiger partial charge is 0.354 e. The molecule has 1 saturated heterocycles. The van der Waals surface area contributed by atoms with Crippen LogP contribution in [-0.4, -0.2) is 41.4 Å². The molecule has 0 radical (unpaired) electrons. The predicted molar refractivity (Wildman–Crippen MR) is 98.6 cm³/mol. The minimum absolute atomic E-state index is 0.0123. The van der Waals surface area contributed by atoms with Crippen molar-refractivity contribution in [3.63, 3.8) is 0 Å². The Morgan fingerprint density at radius 1 is 1.23 bits per heavy atom. The molecule has 0 N–H and O–H groups in total. The molecule has 0 bridgehead atoms. The van der Waals surface area contributed by atoms with Crippen LogP contribution in [0.3, 0.4) is 0 Å². The van der Waals surface area contributed by atoms with Crippen molar-refractivity contribution < 1.29 is 14.3 Å². The minimum Gasteiger partial charge on any atom is -0.464 e. The topological polar surface area (TPSA) is 51.5 Å². The third kappa shape index (κ3) is 1.79. The second-order valence-corrected chi connectivity index (χ2v) is 7.63. The Morgan fingerprint density at radius 3 is 2.81 bits per heavy atom. The van der Waals surface area contributed by atoms with E-state index in [4.69, 9.17) is 4.74 Å². The molecule has 4 heterocycles. The van der Waals surface area contributed by atoms with Crippen LogP contribution in [0.5, 0.6) is 0 Å². The van der Waals surface area contributed by atoms with Crippen molar-refractivity contribution >= 4 is 28.4 Å². The van der Waals surface area contributed by atoms with Crippen molar-refractivity contribution in [1.82, 2.24) is 9.47 Å². The van der Waals surface area contributed by atoms with Gasteiger partial charge in [-0.2, -0.15) is 0 Å². The Bertz CT molecular complexity index is 987. The number of nitrogens with zero attached hydrogens (tertiary/aromatic N) is 2. The van der Waals surface area contributed by atoms with Gasteiger partial charge in [0.2, 0.25) is 0 Å². The van der Waals surface area contributed by atoms with Gasteiger partial charge in [-0.1, -0.05) is 18.2 Å². The van der Waals surface area contributed by atoms with Gasteiger partial charge in [-0.25, -0.2) is 4.79 Å². The Labute approximate surface area is 152 Å². The number of rotatable bonds is 2. The first kappa shape index (κ1) is 15.8. The quantitative estimate of drug-likeness (QED) is 0.782. The van der Waals surface area contributed by atoms with Gasteiger partial charge in [-0.15, -0.1) is 0 Å². The fraction of sp³-hybridized carbons (Fsp3) is 0.429. The van der Waals surface area contributed by atoms with Crippen LogP contribution < -0.4 is 0 Å². The largest absolute Gasteiger partial charge is 0.464 e. The number of fused-ring (bicyclic) bond motifs is 3. The normalized spacial score (nSPS) is 27.0. The third-order valence-corrected chi connectivity index (χ3v) is 6.50. The number of hydrogen-bond donors (Lipinski definition) is 0. The van der Waals surface area contributed by atoms with Gasteiger partial charge in [-0.05, 0) is 50.4 Å². The molecule has 1 aromatic carbocycles. The van der Waals surface area contributed by atoms with Crippen molar-refractivity contribution in [2.45, 2.75) is 32.2 Å². The average Bonchev–Trinajstić information content (AvgIpc) is 3.01. The van der Waals surface area contributed by atoms with Gasteiger partial charge >= 0.3 is 5.97 Å². The third-order valence-electron chi connectivity index (χ3n) is 6.50. The highest BCUT2D eigenvalue weighted by Crippen LogP contribution is 2.55. The van der Waals surface area contributed by atoms with Crippen LogP contribution in [0.1, 0.15) is 37.1 Å². The molecule has 0 aliphatic carbocycles. The first-order valence-electron chi connectivity index (χ1n) is 9.27. The van der Waals surface area contributed by atoms with E-state index in [9.17, 15) is 9.59 Å². The van der Waals surface area contributed by atoms with Gasteiger partial charge in [0.25, 0.3) is 0 Å². The van der Waals surface area contributed by atoms with Crippen LogP contribution in [0.2, 0.25) is 0 Å². The summed E-state index contributed by atoms with van der Waals surface area (Å²) < 4.78 is 7.16. The van der Waals surface area contributed by atoms with E-state index in [1.54, 1.807) is 6.92 Å². The molecule has 3 aliphatic heterocycles. The SMILES string of the molecule is COC(=O)C1=C[C@]2(C(C)=O)CCCN3CCc4c(n1c1ccccc41)[C@@H]32. The van der Waals surface area contributed by atoms with E-state index in [-0.39, 0.29) is 17.8 Å². The lowest BCUT2D eigenvalue weighted by Crippen LogP contribution is -2.53. The van der Waals surface area contributed by atoms with Gasteiger partial charge in [0.15, 0.2) is 0 Å². The summed E-state index contributed by atoms with van der Waals surface area (Å²) in [4.78, 5) is 28.0. The number of ether oxygens (including phenoxy) is 1. The van der Waals surface area contributed by atoms with Gasteiger partial charge in [0.1, 0.15) is 11.5 Å². The number of carbonyl (C=O) groups is 2. The lowest BCUT2D eigenvalue weighted by atomic mass is 9.65. The summed E-state index contributed by atoms with van der Waals surface area (Å²) >= 11 is 0. The molecule has 0 amide bonds. The molecule has 0 unspecified atom stereocenters. The van der Waals surface area contributed by atoms with E-state index >= 15 is 0 Å². The van der Waals surface area contributed by atoms with Crippen molar-refractivity contribution in [3.05, 3.63) is 41.6 Å². The summed E-state index contributed by atoms with van der Waals surface area (Å²) in [5.74, 6) is -0.242. The Hall–Kier alpha value is -2.40. The summed E-state index contributed by atoms with van der Waals surface area (Å²) in [5.41, 5.74) is 3.28. The monoisotopic (exact) mass is 350 g/mol. The van der Waals surface area contributed by atoms with Crippen LogP contribution in [0.25, 0.3) is 16.6 Å². The summed E-state index contributed by atoms with van der Waals surface area (Å²) in [6, 6.07) is 8.23. The second kappa shape index (κ2) is 5.30. The maximum absolute atomic E-state index is 12.9. The number of piperidine rings is 1. The molecule has 1 aromatic heterocycles. The average molecular weight is 350 g/mol. The predicted octanol–water partition coefficient (Wildman–Crippen LogP) is 2.94. The number of aromatic nitrogens is 1. The van der Waals surface area contributed by atoms with Gasteiger partial charge in [0, 0.05) is 17.6 Å². The molecule has 2 atom stereocenters. The lowest BCUT2D eigenvalue weighted by Gasteiger charge is -2.52. The fourth-order valence-corrected chi connectivity index (χ4v) is 5.40. The molecule has 134 valence electrons. The molecule has 26 heavy (non-hydrogen) atoms. The summed E-state index contributed by atoms with van der Waals surface area (Å²) in [6.45, 7) is 3.63. The molecule has 5 heteroatoms. The van der Waals surface area contributed by atoms with Crippen LogP contribution >= 0.6 is 0 Å². The molecule has 1 fully saturated rings. The number of benzene rings is 1. The van der Waals surface area contributed by atoms with E-state index in [1.807, 2.05) is 18.2 Å². The van der Waals surface area contributed by atoms with Crippen molar-refractivity contribution in [2.75, 3.05) is 20.2 Å². The molecule has 0 spiro atoms. The molecule has 5 rings (SSSR count). The first-order chi connectivity index (χ1) is 12.6. The summed E-state index contributed by atoms with van der Waals surface area (Å²) in [7, 11) is 1.40. The van der Waals surface area contributed by atoms with E-state index in [0.29, 0.717) is 5.70 Å².